The molecule has 0 bridgehead atoms. The Morgan fingerprint density at radius 2 is 2.06 bits per heavy atom. The molecule has 0 aromatic rings. The predicted molar refractivity (Wildman–Crippen MR) is 59.3 cm³/mol. The molecule has 0 unspecified atom stereocenters. The summed E-state index contributed by atoms with van der Waals surface area (Å²) in [6.07, 6.45) is 0.528. The molecule has 5 heteroatoms. The fourth-order valence-electron chi connectivity index (χ4n) is 1.92. The van der Waals surface area contributed by atoms with Crippen LogP contribution in [0.1, 0.15) is 32.6 Å². The van der Waals surface area contributed by atoms with Crippen molar-refractivity contribution in [2.75, 3.05) is 6.61 Å². The molecule has 1 rings (SSSR count). The molecule has 16 heavy (non-hydrogen) atoms. The third-order valence-corrected chi connectivity index (χ3v) is 3.11. The molecule has 5 N–H and O–H groups in total. The molecule has 1 aliphatic rings. The number of rotatable bonds is 5. The Morgan fingerprint density at radius 3 is 2.62 bits per heavy atom. The van der Waals surface area contributed by atoms with Gasteiger partial charge >= 0.3 is 0 Å². The molecular formula is C11H22NO4. The second-order valence-corrected chi connectivity index (χ2v) is 4.48. The van der Waals surface area contributed by atoms with Crippen LogP contribution in [0.2, 0.25) is 0 Å². The van der Waals surface area contributed by atoms with Crippen LogP contribution in [0.15, 0.2) is 0 Å². The summed E-state index contributed by atoms with van der Waals surface area (Å²) in [5.74, 6) is 0. The molecule has 0 amide bonds. The SMILES string of the molecule is CCCCC[C@]1(N)[CH]O[C@H](CO)[C@@H](O)[C@@H]1O. The van der Waals surface area contributed by atoms with Crippen LogP contribution in [0.4, 0.5) is 0 Å². The minimum absolute atomic E-state index is 0.334. The van der Waals surface area contributed by atoms with Gasteiger partial charge in [-0.25, -0.2) is 0 Å². The Labute approximate surface area is 96.2 Å². The van der Waals surface area contributed by atoms with Crippen LogP contribution in [0.5, 0.6) is 0 Å². The van der Waals surface area contributed by atoms with E-state index >= 15 is 0 Å². The molecule has 0 aromatic heterocycles. The van der Waals surface area contributed by atoms with E-state index in [-0.39, 0.29) is 6.61 Å². The summed E-state index contributed by atoms with van der Waals surface area (Å²) in [7, 11) is 0. The van der Waals surface area contributed by atoms with Crippen molar-refractivity contribution < 1.29 is 20.1 Å². The van der Waals surface area contributed by atoms with E-state index in [1.54, 1.807) is 0 Å². The average molecular weight is 232 g/mol. The van der Waals surface area contributed by atoms with Crippen LogP contribution >= 0.6 is 0 Å². The maximum Gasteiger partial charge on any atom is 0.110 e. The maximum absolute atomic E-state index is 9.90. The van der Waals surface area contributed by atoms with E-state index in [9.17, 15) is 10.2 Å². The van der Waals surface area contributed by atoms with Gasteiger partial charge in [-0.15, -0.1) is 0 Å². The number of nitrogens with two attached hydrogens (primary N) is 1. The van der Waals surface area contributed by atoms with Gasteiger partial charge in [0, 0.05) is 0 Å². The zero-order valence-electron chi connectivity index (χ0n) is 9.67. The van der Waals surface area contributed by atoms with Crippen molar-refractivity contribution in [3.05, 3.63) is 6.61 Å². The van der Waals surface area contributed by atoms with Gasteiger partial charge in [-0.2, -0.15) is 0 Å². The lowest BCUT2D eigenvalue weighted by Crippen LogP contribution is -2.64. The van der Waals surface area contributed by atoms with Crippen molar-refractivity contribution in [1.82, 2.24) is 0 Å². The zero-order valence-corrected chi connectivity index (χ0v) is 9.67. The largest absolute Gasteiger partial charge is 0.394 e. The van der Waals surface area contributed by atoms with E-state index in [4.69, 9.17) is 15.6 Å². The summed E-state index contributed by atoms with van der Waals surface area (Å²) in [6, 6.07) is 0. The van der Waals surface area contributed by atoms with Gasteiger partial charge < -0.3 is 25.8 Å². The van der Waals surface area contributed by atoms with Crippen LogP contribution in [0, 0.1) is 6.61 Å². The Hall–Kier alpha value is -0.200. The van der Waals surface area contributed by atoms with Gasteiger partial charge in [0.2, 0.25) is 0 Å². The number of unbranched alkanes of at least 4 members (excludes halogenated alkanes) is 2. The minimum atomic E-state index is -1.14. The van der Waals surface area contributed by atoms with Crippen LogP contribution in [-0.4, -0.2) is 45.8 Å². The van der Waals surface area contributed by atoms with Gasteiger partial charge in [0.05, 0.1) is 12.1 Å². The quantitative estimate of drug-likeness (QED) is 0.481. The van der Waals surface area contributed by atoms with Crippen LogP contribution in [0.3, 0.4) is 0 Å². The first-order chi connectivity index (χ1) is 7.55. The highest BCUT2D eigenvalue weighted by molar-refractivity contribution is 5.06. The van der Waals surface area contributed by atoms with Crippen molar-refractivity contribution in [2.24, 2.45) is 5.73 Å². The molecule has 4 atom stereocenters. The first-order valence-electron chi connectivity index (χ1n) is 5.81. The van der Waals surface area contributed by atoms with Crippen molar-refractivity contribution >= 4 is 0 Å². The predicted octanol–water partition coefficient (Wildman–Crippen LogP) is -0.461. The van der Waals surface area contributed by atoms with Gasteiger partial charge in [0.25, 0.3) is 0 Å². The summed E-state index contributed by atoms with van der Waals surface area (Å²) < 4.78 is 5.15. The number of ether oxygens (including phenoxy) is 1. The molecule has 1 heterocycles. The molecular weight excluding hydrogens is 210 g/mol. The van der Waals surface area contributed by atoms with E-state index in [0.29, 0.717) is 6.42 Å². The summed E-state index contributed by atoms with van der Waals surface area (Å²) in [4.78, 5) is 0. The molecule has 1 saturated heterocycles. The van der Waals surface area contributed by atoms with Crippen molar-refractivity contribution in [3.8, 4) is 0 Å². The molecule has 95 valence electrons. The lowest BCUT2D eigenvalue weighted by molar-refractivity contribution is -0.158. The Bertz CT molecular complexity index is 210. The van der Waals surface area contributed by atoms with Gasteiger partial charge in [-0.1, -0.05) is 26.2 Å². The normalized spacial score (nSPS) is 39.9. The summed E-state index contributed by atoms with van der Waals surface area (Å²) in [5.41, 5.74) is 4.96. The third kappa shape index (κ3) is 2.93. The number of aliphatic hydroxyl groups excluding tert-OH is 3. The van der Waals surface area contributed by atoms with Crippen LogP contribution < -0.4 is 5.73 Å². The Balaban J connectivity index is 2.54. The molecule has 0 saturated carbocycles. The maximum atomic E-state index is 9.90. The highest BCUT2D eigenvalue weighted by Crippen LogP contribution is 2.29. The van der Waals surface area contributed by atoms with Gasteiger partial charge in [0.15, 0.2) is 0 Å². The second kappa shape index (κ2) is 5.93. The molecule has 5 nitrogen and oxygen atoms in total. The third-order valence-electron chi connectivity index (χ3n) is 3.11. The first kappa shape index (κ1) is 13.9. The highest BCUT2D eigenvalue weighted by atomic mass is 16.5. The van der Waals surface area contributed by atoms with Crippen molar-refractivity contribution in [2.45, 2.75) is 56.5 Å². The molecule has 1 aliphatic heterocycles. The number of aliphatic hydroxyl groups is 3. The number of hydrogen-bond donors (Lipinski definition) is 4. The van der Waals surface area contributed by atoms with Gasteiger partial charge in [-0.05, 0) is 6.42 Å². The Kier molecular flexibility index (Phi) is 5.14. The first-order valence-corrected chi connectivity index (χ1v) is 5.81. The average Bonchev–Trinajstić information content (AvgIpc) is 2.27. The monoisotopic (exact) mass is 232 g/mol. The fourth-order valence-corrected chi connectivity index (χ4v) is 1.92. The van der Waals surface area contributed by atoms with Gasteiger partial charge in [0.1, 0.15) is 24.9 Å². The number of hydrogen-bond acceptors (Lipinski definition) is 5. The fraction of sp³-hybridized carbons (Fsp3) is 0.909. The summed E-state index contributed by atoms with van der Waals surface area (Å²) >= 11 is 0. The smallest absolute Gasteiger partial charge is 0.110 e. The van der Waals surface area contributed by atoms with E-state index in [1.807, 2.05) is 0 Å². The summed E-state index contributed by atoms with van der Waals surface area (Å²) in [6.45, 7) is 3.11. The molecule has 1 fully saturated rings. The van der Waals surface area contributed by atoms with E-state index < -0.39 is 23.9 Å². The standard InChI is InChI=1S/C11H22NO4/c1-2-3-4-5-11(12)7-16-8(6-13)9(14)10(11)15/h7-10,13-15H,2-6,12H2,1H3/t8-,9-,10+,11+/m1/s1. The second-order valence-electron chi connectivity index (χ2n) is 4.48. The Morgan fingerprint density at radius 1 is 1.38 bits per heavy atom. The molecule has 0 aliphatic carbocycles. The molecule has 1 radical (unpaired) electrons. The lowest BCUT2D eigenvalue weighted by atomic mass is 9.82. The van der Waals surface area contributed by atoms with E-state index in [0.717, 1.165) is 19.3 Å². The minimum Gasteiger partial charge on any atom is -0.394 e. The van der Waals surface area contributed by atoms with E-state index in [1.165, 1.54) is 6.61 Å². The van der Waals surface area contributed by atoms with E-state index in [2.05, 4.69) is 6.92 Å². The zero-order chi connectivity index (χ0) is 12.2. The van der Waals surface area contributed by atoms with Crippen molar-refractivity contribution in [3.63, 3.8) is 0 Å². The van der Waals surface area contributed by atoms with Crippen LogP contribution in [-0.2, 0) is 4.74 Å². The van der Waals surface area contributed by atoms with Gasteiger partial charge in [-0.3, -0.25) is 0 Å². The molecule has 0 spiro atoms. The van der Waals surface area contributed by atoms with Crippen LogP contribution in [0.25, 0.3) is 0 Å². The topological polar surface area (TPSA) is 95.9 Å². The highest BCUT2D eigenvalue weighted by Gasteiger charge is 2.46. The summed E-state index contributed by atoms with van der Waals surface area (Å²) in [5, 5.41) is 28.5. The van der Waals surface area contributed by atoms with Crippen molar-refractivity contribution in [1.29, 1.82) is 0 Å². The lowest BCUT2D eigenvalue weighted by Gasteiger charge is -2.43. The molecule has 0 aromatic carbocycles.